The van der Waals surface area contributed by atoms with E-state index in [0.29, 0.717) is 17.5 Å². The third kappa shape index (κ3) is 5.88. The molecule has 8 nitrogen and oxygen atoms in total. The fraction of sp³-hybridized carbons (Fsp3) is 0.357. The predicted octanol–water partition coefficient (Wildman–Crippen LogP) is 5.45. The quantitative estimate of drug-likeness (QED) is 0.298. The molecule has 2 aromatic carbocycles. The highest BCUT2D eigenvalue weighted by Crippen LogP contribution is 2.31. The van der Waals surface area contributed by atoms with E-state index in [0.717, 1.165) is 48.3 Å². The molecule has 0 unspecified atom stereocenters. The first-order valence-corrected chi connectivity index (χ1v) is 13.4. The van der Waals surface area contributed by atoms with Crippen LogP contribution in [-0.2, 0) is 11.2 Å². The van der Waals surface area contributed by atoms with E-state index in [1.54, 1.807) is 31.3 Å². The first-order valence-electron chi connectivity index (χ1n) is 12.4. The Hall–Kier alpha value is -3.59. The van der Waals surface area contributed by atoms with E-state index in [-0.39, 0.29) is 5.41 Å². The molecule has 1 fully saturated rings. The van der Waals surface area contributed by atoms with Crippen LogP contribution in [0.3, 0.4) is 0 Å². The average molecular weight is 517 g/mol. The van der Waals surface area contributed by atoms with Crippen molar-refractivity contribution >= 4 is 23.3 Å². The molecule has 4 aromatic rings. The van der Waals surface area contributed by atoms with Gasteiger partial charge in [-0.1, -0.05) is 62.0 Å². The van der Waals surface area contributed by atoms with Crippen LogP contribution < -0.4 is 14.5 Å². The van der Waals surface area contributed by atoms with Crippen LogP contribution in [0.4, 0.5) is 11.5 Å². The summed E-state index contributed by atoms with van der Waals surface area (Å²) in [6.45, 7) is 10.2. The van der Waals surface area contributed by atoms with Gasteiger partial charge in [0, 0.05) is 49.8 Å². The first-order chi connectivity index (χ1) is 17.9. The summed E-state index contributed by atoms with van der Waals surface area (Å²) in [5.41, 5.74) is 3.53. The van der Waals surface area contributed by atoms with Gasteiger partial charge in [-0.05, 0) is 35.2 Å². The zero-order valence-corrected chi connectivity index (χ0v) is 22.5. The Labute approximate surface area is 222 Å². The highest BCUT2D eigenvalue weighted by Gasteiger charge is 2.22. The highest BCUT2D eigenvalue weighted by molar-refractivity contribution is 7.98. The Kier molecular flexibility index (Phi) is 7.32. The summed E-state index contributed by atoms with van der Waals surface area (Å²) in [5, 5.41) is 5.06. The zero-order chi connectivity index (χ0) is 25.8. The zero-order valence-electron chi connectivity index (χ0n) is 21.7. The van der Waals surface area contributed by atoms with E-state index in [2.05, 4.69) is 87.1 Å². The highest BCUT2D eigenvalue weighted by atomic mass is 32.2. The molecule has 0 amide bonds. The number of piperazine rings is 1. The summed E-state index contributed by atoms with van der Waals surface area (Å²) >= 11 is 1.57. The number of aromatic nitrogens is 4. The molecule has 0 bridgehead atoms. The van der Waals surface area contributed by atoms with Crippen molar-refractivity contribution in [2.24, 2.45) is 0 Å². The molecule has 0 atom stereocenters. The van der Waals surface area contributed by atoms with Gasteiger partial charge >= 0.3 is 0 Å². The fourth-order valence-electron chi connectivity index (χ4n) is 4.29. The van der Waals surface area contributed by atoms with E-state index in [9.17, 15) is 0 Å². The Morgan fingerprint density at radius 2 is 1.57 bits per heavy atom. The topological polar surface area (TPSA) is 80.4 Å². The van der Waals surface area contributed by atoms with Gasteiger partial charge in [-0.2, -0.15) is 4.98 Å². The summed E-state index contributed by atoms with van der Waals surface area (Å²) in [6.07, 6.45) is 3.48. The minimum absolute atomic E-state index is 0.105. The molecule has 3 heterocycles. The van der Waals surface area contributed by atoms with Crippen LogP contribution in [0.5, 0.6) is 5.75 Å². The molecule has 1 aliphatic rings. The molecule has 0 spiro atoms. The molecule has 1 aliphatic heterocycles. The maximum absolute atomic E-state index is 5.54. The van der Waals surface area contributed by atoms with E-state index < -0.39 is 0 Å². The minimum atomic E-state index is 0.105. The smallest absolute Gasteiger partial charge is 0.237 e. The monoisotopic (exact) mass is 516 g/mol. The number of methoxy groups -OCH3 is 1. The van der Waals surface area contributed by atoms with Crippen molar-refractivity contribution in [2.75, 3.05) is 43.1 Å². The molecule has 37 heavy (non-hydrogen) atoms. The lowest BCUT2D eigenvalue weighted by atomic mass is 9.87. The van der Waals surface area contributed by atoms with Crippen LogP contribution in [-0.4, -0.2) is 53.4 Å². The number of hydrogen-bond acceptors (Lipinski definition) is 9. The minimum Gasteiger partial charge on any atom is -0.497 e. The van der Waals surface area contributed by atoms with Crippen molar-refractivity contribution in [2.45, 2.75) is 37.0 Å². The second-order valence-electron chi connectivity index (χ2n) is 9.98. The summed E-state index contributed by atoms with van der Waals surface area (Å²) in [5.74, 6) is 3.48. The lowest BCUT2D eigenvalue weighted by molar-refractivity contribution is 0.391. The lowest BCUT2D eigenvalue weighted by Crippen LogP contribution is -2.47. The molecule has 192 valence electrons. The lowest BCUT2D eigenvalue weighted by Gasteiger charge is -2.37. The van der Waals surface area contributed by atoms with Crippen LogP contribution in [0, 0.1) is 0 Å². The Bertz CT molecular complexity index is 1310. The van der Waals surface area contributed by atoms with Crippen molar-refractivity contribution in [3.8, 4) is 17.1 Å². The number of rotatable bonds is 7. The van der Waals surface area contributed by atoms with Gasteiger partial charge in [0.15, 0.2) is 5.82 Å². The second-order valence-corrected chi connectivity index (χ2v) is 10.9. The van der Waals surface area contributed by atoms with Gasteiger partial charge in [0.2, 0.25) is 11.7 Å². The second kappa shape index (κ2) is 10.8. The molecule has 0 saturated carbocycles. The Morgan fingerprint density at radius 3 is 2.24 bits per heavy atom. The molecule has 9 heteroatoms. The van der Waals surface area contributed by atoms with E-state index in [1.165, 1.54) is 11.3 Å². The van der Waals surface area contributed by atoms with Gasteiger partial charge in [-0.25, -0.2) is 9.97 Å². The third-order valence-electron chi connectivity index (χ3n) is 6.47. The summed E-state index contributed by atoms with van der Waals surface area (Å²) in [4.78, 5) is 18.5. The molecule has 0 aliphatic carbocycles. The standard InChI is InChI=1S/C28H32N6O2S/c1-28(2,3)21-7-5-20(6-8-21)25-31-24(36-32-25)19-37-27-26(29-13-14-30-27)34-17-15-33(16-18-34)22-9-11-23(35-4)12-10-22/h5-14H,15-19H2,1-4H3. The fourth-order valence-corrected chi connectivity index (χ4v) is 5.11. The van der Waals surface area contributed by atoms with Crippen LogP contribution in [0.1, 0.15) is 32.2 Å². The average Bonchev–Trinajstić information content (AvgIpc) is 3.41. The molecule has 5 rings (SSSR count). The Morgan fingerprint density at radius 1 is 0.892 bits per heavy atom. The number of nitrogens with zero attached hydrogens (tertiary/aromatic N) is 6. The molecule has 0 radical (unpaired) electrons. The molecular formula is C28H32N6O2S. The van der Waals surface area contributed by atoms with Crippen LogP contribution >= 0.6 is 11.8 Å². The number of hydrogen-bond donors (Lipinski definition) is 0. The molecule has 1 saturated heterocycles. The van der Waals surface area contributed by atoms with Crippen molar-refractivity contribution in [3.63, 3.8) is 0 Å². The molecule has 0 N–H and O–H groups in total. The molecular weight excluding hydrogens is 484 g/mol. The normalized spacial score (nSPS) is 14.2. The number of thioether (sulfide) groups is 1. The van der Waals surface area contributed by atoms with Crippen molar-refractivity contribution in [1.29, 1.82) is 0 Å². The summed E-state index contributed by atoms with van der Waals surface area (Å²) in [7, 11) is 1.69. The maximum atomic E-state index is 5.54. The van der Waals surface area contributed by atoms with Crippen molar-refractivity contribution in [3.05, 3.63) is 72.4 Å². The van der Waals surface area contributed by atoms with Crippen molar-refractivity contribution in [1.82, 2.24) is 20.1 Å². The van der Waals surface area contributed by atoms with E-state index >= 15 is 0 Å². The van der Waals surface area contributed by atoms with Gasteiger partial charge in [0.05, 0.1) is 12.9 Å². The summed E-state index contributed by atoms with van der Waals surface area (Å²) < 4.78 is 10.8. The number of anilines is 2. The van der Waals surface area contributed by atoms with Gasteiger partial charge in [0.25, 0.3) is 0 Å². The van der Waals surface area contributed by atoms with E-state index in [1.807, 2.05) is 12.1 Å². The van der Waals surface area contributed by atoms with Gasteiger partial charge in [-0.3, -0.25) is 0 Å². The Balaban J connectivity index is 1.21. The SMILES string of the molecule is COc1ccc(N2CCN(c3nccnc3SCc3nc(-c4ccc(C(C)(C)C)cc4)no3)CC2)cc1. The van der Waals surface area contributed by atoms with Gasteiger partial charge in [-0.15, -0.1) is 0 Å². The van der Waals surface area contributed by atoms with Gasteiger partial charge in [0.1, 0.15) is 10.8 Å². The maximum Gasteiger partial charge on any atom is 0.237 e. The van der Waals surface area contributed by atoms with Gasteiger partial charge < -0.3 is 19.1 Å². The third-order valence-corrected chi connectivity index (χ3v) is 7.43. The predicted molar refractivity (Wildman–Crippen MR) is 147 cm³/mol. The van der Waals surface area contributed by atoms with Crippen LogP contribution in [0.25, 0.3) is 11.4 Å². The number of ether oxygens (including phenoxy) is 1. The van der Waals surface area contributed by atoms with Crippen molar-refractivity contribution < 1.29 is 9.26 Å². The van der Waals surface area contributed by atoms with E-state index in [4.69, 9.17) is 9.26 Å². The largest absolute Gasteiger partial charge is 0.497 e. The molecule has 2 aromatic heterocycles. The summed E-state index contributed by atoms with van der Waals surface area (Å²) in [6, 6.07) is 16.6. The van der Waals surface area contributed by atoms with Crippen LogP contribution in [0.15, 0.2) is 70.5 Å². The first kappa shape index (κ1) is 25.1. The van der Waals surface area contributed by atoms with Crippen LogP contribution in [0.2, 0.25) is 0 Å². The number of benzene rings is 2.